The van der Waals surface area contributed by atoms with Crippen LogP contribution < -0.4 is 5.11 Å². The summed E-state index contributed by atoms with van der Waals surface area (Å²) in [4.78, 5) is 33.3. The Morgan fingerprint density at radius 2 is 1.06 bits per heavy atom. The third-order valence-corrected chi connectivity index (χ3v) is 5.80. The van der Waals surface area contributed by atoms with Crippen LogP contribution in [0.25, 0.3) is 0 Å². The Labute approximate surface area is 194 Å². The quantitative estimate of drug-likeness (QED) is 0.136. The number of quaternary nitrogens is 1. The summed E-state index contributed by atoms with van der Waals surface area (Å²) in [7, 11) is 0. The van der Waals surface area contributed by atoms with Crippen LogP contribution in [0.1, 0.15) is 103 Å². The molecule has 0 aliphatic rings. The highest BCUT2D eigenvalue weighted by molar-refractivity contribution is 5.72. The summed E-state index contributed by atoms with van der Waals surface area (Å²) in [6.45, 7) is 0.813. The molecule has 0 saturated carbocycles. The zero-order chi connectivity index (χ0) is 24.1. The van der Waals surface area contributed by atoms with Crippen LogP contribution >= 0.6 is 0 Å². The minimum Gasteiger partial charge on any atom is -0.544 e. The van der Waals surface area contributed by atoms with Crippen molar-refractivity contribution in [1.29, 1.82) is 0 Å². The van der Waals surface area contributed by atoms with Crippen LogP contribution in [0.2, 0.25) is 0 Å². The number of unbranched alkanes of at least 4 members (excludes halogenated alkanes) is 13. The van der Waals surface area contributed by atoms with Crippen molar-refractivity contribution < 1.29 is 34.2 Å². The van der Waals surface area contributed by atoms with Crippen LogP contribution in [0.15, 0.2) is 12.2 Å². The predicted octanol–water partition coefficient (Wildman–Crippen LogP) is 4.15. The Bertz CT molecular complexity index is 506. The van der Waals surface area contributed by atoms with Crippen molar-refractivity contribution in [3.05, 3.63) is 12.2 Å². The number of allylic oxidation sites excluding steroid dienone is 2. The van der Waals surface area contributed by atoms with Gasteiger partial charge in [0.15, 0.2) is 13.1 Å². The molecule has 0 aliphatic heterocycles. The van der Waals surface area contributed by atoms with Gasteiger partial charge in [-0.2, -0.15) is 0 Å². The van der Waals surface area contributed by atoms with E-state index in [0.29, 0.717) is 6.42 Å². The molecule has 0 fully saturated rings. The van der Waals surface area contributed by atoms with Gasteiger partial charge in [-0.15, -0.1) is 0 Å². The van der Waals surface area contributed by atoms with E-state index in [-0.39, 0.29) is 6.54 Å². The number of carbonyl (C=O) groups is 3. The van der Waals surface area contributed by atoms with E-state index in [1.54, 1.807) is 0 Å². The smallest absolute Gasteiger partial charge is 0.359 e. The van der Waals surface area contributed by atoms with Crippen LogP contribution in [0.4, 0.5) is 0 Å². The molecule has 2 N–H and O–H groups in total. The number of rotatable bonds is 23. The van der Waals surface area contributed by atoms with Crippen molar-refractivity contribution in [1.82, 2.24) is 0 Å². The van der Waals surface area contributed by atoms with Gasteiger partial charge in [0.1, 0.15) is 6.54 Å². The van der Waals surface area contributed by atoms with Crippen molar-refractivity contribution >= 4 is 17.9 Å². The lowest BCUT2D eigenvalue weighted by molar-refractivity contribution is -0.909. The largest absolute Gasteiger partial charge is 0.544 e. The lowest BCUT2D eigenvalue weighted by Gasteiger charge is -2.36. The van der Waals surface area contributed by atoms with Gasteiger partial charge in [0.05, 0.1) is 12.5 Å². The van der Waals surface area contributed by atoms with E-state index >= 15 is 0 Å². The maximum Gasteiger partial charge on any atom is 0.359 e. The standard InChI is InChI=1S/C25H45NO6/c1-2-3-4-5-6-7-8-9-10-11-12-13-14-15-16-17-18-19-26(20-23(27)28,21-24(29)30)22-25(31)32/h5-6H,2-4,7-22H2,1H3,(H2-,27,28,29,30,31,32)/b6-5+. The van der Waals surface area contributed by atoms with Crippen molar-refractivity contribution in [2.45, 2.75) is 103 Å². The number of carboxylic acid groups (broad SMARTS) is 3. The molecule has 0 aromatic carbocycles. The highest BCUT2D eigenvalue weighted by Gasteiger charge is 2.33. The molecule has 0 saturated heterocycles. The summed E-state index contributed by atoms with van der Waals surface area (Å²) in [5.74, 6) is -3.82. The Balaban J connectivity index is 3.82. The number of carbonyl (C=O) groups excluding carboxylic acids is 1. The molecule has 7 nitrogen and oxygen atoms in total. The fraction of sp³-hybridized carbons (Fsp3) is 0.800. The molecule has 0 aromatic heterocycles. The average Bonchev–Trinajstić information content (AvgIpc) is 2.68. The number of hydrogen-bond acceptors (Lipinski definition) is 4. The first-order chi connectivity index (χ1) is 15.3. The van der Waals surface area contributed by atoms with E-state index in [1.807, 2.05) is 0 Å². The molecule has 0 rings (SSSR count). The van der Waals surface area contributed by atoms with Crippen LogP contribution in [-0.4, -0.2) is 58.8 Å². The molecule has 0 aromatic rings. The van der Waals surface area contributed by atoms with E-state index in [4.69, 9.17) is 10.2 Å². The summed E-state index contributed by atoms with van der Waals surface area (Å²) in [5, 5.41) is 29.2. The first kappa shape index (κ1) is 30.1. The van der Waals surface area contributed by atoms with E-state index in [1.165, 1.54) is 70.6 Å². The van der Waals surface area contributed by atoms with Crippen molar-refractivity contribution in [2.24, 2.45) is 0 Å². The molecule has 0 amide bonds. The minimum absolute atomic E-state index is 0.223. The average molecular weight is 456 g/mol. The monoisotopic (exact) mass is 455 g/mol. The topological polar surface area (TPSA) is 115 Å². The highest BCUT2D eigenvalue weighted by Crippen LogP contribution is 2.15. The van der Waals surface area contributed by atoms with E-state index in [2.05, 4.69) is 19.1 Å². The molecular formula is C25H45NO6. The number of hydrogen-bond donors (Lipinski definition) is 2. The Hall–Kier alpha value is -1.89. The number of carboxylic acids is 3. The zero-order valence-corrected chi connectivity index (χ0v) is 20.1. The highest BCUT2D eigenvalue weighted by atomic mass is 16.4. The van der Waals surface area contributed by atoms with Gasteiger partial charge in [0, 0.05) is 0 Å². The van der Waals surface area contributed by atoms with Crippen LogP contribution in [0, 0.1) is 0 Å². The molecule has 32 heavy (non-hydrogen) atoms. The SMILES string of the molecule is CCCC/C=C/CCCCCCCCCCCCC[N+](CC(=O)[O-])(CC(=O)O)CC(=O)O. The molecule has 0 unspecified atom stereocenters. The second-order valence-corrected chi connectivity index (χ2v) is 8.99. The van der Waals surface area contributed by atoms with Crippen molar-refractivity contribution in [3.8, 4) is 0 Å². The maximum absolute atomic E-state index is 11.1. The van der Waals surface area contributed by atoms with Gasteiger partial charge in [-0.25, -0.2) is 9.59 Å². The first-order valence-corrected chi connectivity index (χ1v) is 12.4. The van der Waals surface area contributed by atoms with Gasteiger partial charge in [0.2, 0.25) is 0 Å². The van der Waals surface area contributed by atoms with Crippen LogP contribution in [0.3, 0.4) is 0 Å². The van der Waals surface area contributed by atoms with Crippen molar-refractivity contribution in [2.75, 3.05) is 26.2 Å². The Morgan fingerprint density at radius 1 is 0.656 bits per heavy atom. The van der Waals surface area contributed by atoms with Gasteiger partial charge in [-0.05, 0) is 32.1 Å². The fourth-order valence-electron chi connectivity index (χ4n) is 4.11. The van der Waals surface area contributed by atoms with Gasteiger partial charge < -0.3 is 24.6 Å². The third-order valence-electron chi connectivity index (χ3n) is 5.80. The van der Waals surface area contributed by atoms with Crippen molar-refractivity contribution in [3.63, 3.8) is 0 Å². The van der Waals surface area contributed by atoms with Gasteiger partial charge in [0.25, 0.3) is 0 Å². The molecule has 0 heterocycles. The zero-order valence-electron chi connectivity index (χ0n) is 20.1. The van der Waals surface area contributed by atoms with E-state index in [0.717, 1.165) is 19.3 Å². The summed E-state index contributed by atoms with van der Waals surface area (Å²) in [6, 6.07) is 0. The normalized spacial score (nSPS) is 11.8. The Morgan fingerprint density at radius 3 is 1.47 bits per heavy atom. The molecule has 0 spiro atoms. The molecule has 0 radical (unpaired) electrons. The second kappa shape index (κ2) is 19.8. The number of aliphatic carboxylic acids is 3. The van der Waals surface area contributed by atoms with E-state index in [9.17, 15) is 19.5 Å². The second-order valence-electron chi connectivity index (χ2n) is 8.99. The first-order valence-electron chi connectivity index (χ1n) is 12.4. The Kier molecular flexibility index (Phi) is 18.6. The van der Waals surface area contributed by atoms with Gasteiger partial charge in [-0.3, -0.25) is 0 Å². The third kappa shape index (κ3) is 18.8. The molecule has 0 bridgehead atoms. The maximum atomic E-state index is 11.1. The van der Waals surface area contributed by atoms with Gasteiger partial charge in [-0.1, -0.05) is 83.3 Å². The summed E-state index contributed by atoms with van der Waals surface area (Å²) in [5.41, 5.74) is 0. The van der Waals surface area contributed by atoms with Crippen LogP contribution in [-0.2, 0) is 14.4 Å². The molecule has 0 aliphatic carbocycles. The minimum atomic E-state index is -1.42. The molecule has 0 atom stereocenters. The van der Waals surface area contributed by atoms with Gasteiger partial charge >= 0.3 is 11.9 Å². The molecule has 186 valence electrons. The lowest BCUT2D eigenvalue weighted by atomic mass is 10.0. The summed E-state index contributed by atoms with van der Waals surface area (Å²) in [6.07, 6.45) is 22.0. The number of nitrogens with zero attached hydrogens (tertiary/aromatic N) is 1. The van der Waals surface area contributed by atoms with E-state index < -0.39 is 42.0 Å². The summed E-state index contributed by atoms with van der Waals surface area (Å²) >= 11 is 0. The lowest BCUT2D eigenvalue weighted by Crippen LogP contribution is -2.59. The summed E-state index contributed by atoms with van der Waals surface area (Å²) < 4.78 is -0.498. The molecular weight excluding hydrogens is 410 g/mol. The fourth-order valence-corrected chi connectivity index (χ4v) is 4.11. The predicted molar refractivity (Wildman–Crippen MR) is 124 cm³/mol. The molecule has 7 heteroatoms. The van der Waals surface area contributed by atoms with Crippen LogP contribution in [0.5, 0.6) is 0 Å².